The van der Waals surface area contributed by atoms with Crippen LogP contribution in [0.5, 0.6) is 0 Å². The molecule has 0 unspecified atom stereocenters. The van der Waals surface area contributed by atoms with Crippen LogP contribution in [-0.2, 0) is 17.8 Å². The molecule has 0 spiro atoms. The molecule has 0 radical (unpaired) electrons. The molecule has 1 fully saturated rings. The lowest BCUT2D eigenvalue weighted by Gasteiger charge is -2.34. The summed E-state index contributed by atoms with van der Waals surface area (Å²) in [5, 5.41) is 3.92. The lowest BCUT2D eigenvalue weighted by molar-refractivity contribution is -0.133. The molecular weight excluding hydrogens is 314 g/mol. The smallest absolute Gasteiger partial charge is 0.222 e. The maximum absolute atomic E-state index is 12.5. The molecular formula is C20H27N3O2. The largest absolute Gasteiger partial charge is 0.360 e. The summed E-state index contributed by atoms with van der Waals surface area (Å²) in [5.74, 6) is 1.15. The van der Waals surface area contributed by atoms with Gasteiger partial charge in [-0.25, -0.2) is 0 Å². The van der Waals surface area contributed by atoms with Crippen LogP contribution in [0.1, 0.15) is 34.6 Å². The van der Waals surface area contributed by atoms with Crippen LogP contribution in [0.15, 0.2) is 28.8 Å². The van der Waals surface area contributed by atoms with Gasteiger partial charge in [-0.15, -0.1) is 0 Å². The summed E-state index contributed by atoms with van der Waals surface area (Å²) in [6.07, 6.45) is 1.41. The summed E-state index contributed by atoms with van der Waals surface area (Å²) in [5.41, 5.74) is 4.74. The Kier molecular flexibility index (Phi) is 5.53. The summed E-state index contributed by atoms with van der Waals surface area (Å²) < 4.78 is 5.28. The predicted octanol–water partition coefficient (Wildman–Crippen LogP) is 2.88. The number of carbonyl (C=O) groups excluding carboxylic acids is 1. The maximum atomic E-state index is 12.5. The molecule has 0 aliphatic carbocycles. The predicted molar refractivity (Wildman–Crippen MR) is 97.3 cm³/mol. The first-order valence-corrected chi connectivity index (χ1v) is 9.00. The van der Waals surface area contributed by atoms with Gasteiger partial charge >= 0.3 is 0 Å². The van der Waals surface area contributed by atoms with Crippen molar-refractivity contribution >= 4 is 5.91 Å². The van der Waals surface area contributed by atoms with Crippen molar-refractivity contribution in [2.75, 3.05) is 26.2 Å². The Bertz CT molecular complexity index is 730. The Morgan fingerprint density at radius 3 is 2.52 bits per heavy atom. The Labute approximate surface area is 149 Å². The van der Waals surface area contributed by atoms with Crippen molar-refractivity contribution in [1.82, 2.24) is 15.0 Å². The quantitative estimate of drug-likeness (QED) is 0.839. The first-order valence-electron chi connectivity index (χ1n) is 9.00. The van der Waals surface area contributed by atoms with E-state index < -0.39 is 0 Å². The van der Waals surface area contributed by atoms with E-state index in [1.807, 2.05) is 17.9 Å². The van der Waals surface area contributed by atoms with E-state index in [4.69, 9.17) is 4.52 Å². The molecule has 1 saturated heterocycles. The van der Waals surface area contributed by atoms with E-state index in [1.165, 1.54) is 16.7 Å². The molecule has 1 aromatic carbocycles. The van der Waals surface area contributed by atoms with Gasteiger partial charge in [0.2, 0.25) is 5.91 Å². The highest BCUT2D eigenvalue weighted by molar-refractivity contribution is 5.76. The molecule has 1 aromatic heterocycles. The van der Waals surface area contributed by atoms with Crippen LogP contribution >= 0.6 is 0 Å². The molecule has 0 saturated carbocycles. The molecule has 3 rings (SSSR count). The third kappa shape index (κ3) is 4.69. The minimum atomic E-state index is 0.259. The number of carbonyl (C=O) groups is 1. The van der Waals surface area contributed by atoms with Crippen LogP contribution < -0.4 is 0 Å². The van der Waals surface area contributed by atoms with Gasteiger partial charge in [-0.3, -0.25) is 9.69 Å². The van der Waals surface area contributed by atoms with E-state index >= 15 is 0 Å². The first kappa shape index (κ1) is 17.7. The number of hydrogen-bond acceptors (Lipinski definition) is 4. The van der Waals surface area contributed by atoms with Gasteiger partial charge in [0.1, 0.15) is 0 Å². The Morgan fingerprint density at radius 2 is 1.88 bits per heavy atom. The second-order valence-corrected chi connectivity index (χ2v) is 7.02. The van der Waals surface area contributed by atoms with Crippen molar-refractivity contribution in [3.05, 3.63) is 52.4 Å². The molecule has 25 heavy (non-hydrogen) atoms. The first-order chi connectivity index (χ1) is 12.0. The number of hydrogen-bond donors (Lipinski definition) is 0. The molecule has 2 aromatic rings. The summed E-state index contributed by atoms with van der Waals surface area (Å²) in [6, 6.07) is 8.43. The molecule has 0 bridgehead atoms. The van der Waals surface area contributed by atoms with E-state index in [9.17, 15) is 4.79 Å². The highest BCUT2D eigenvalue weighted by Gasteiger charge is 2.21. The number of benzene rings is 1. The monoisotopic (exact) mass is 341 g/mol. The van der Waals surface area contributed by atoms with Crippen molar-refractivity contribution in [3.63, 3.8) is 0 Å². The van der Waals surface area contributed by atoms with Crippen molar-refractivity contribution in [2.24, 2.45) is 0 Å². The molecule has 0 atom stereocenters. The van der Waals surface area contributed by atoms with Crippen molar-refractivity contribution in [3.8, 4) is 0 Å². The summed E-state index contributed by atoms with van der Waals surface area (Å²) >= 11 is 0. The minimum Gasteiger partial charge on any atom is -0.360 e. The minimum absolute atomic E-state index is 0.259. The van der Waals surface area contributed by atoms with Crippen molar-refractivity contribution in [2.45, 2.75) is 40.2 Å². The van der Waals surface area contributed by atoms with Crippen LogP contribution in [-0.4, -0.2) is 47.0 Å². The molecule has 5 nitrogen and oxygen atoms in total. The van der Waals surface area contributed by atoms with Gasteiger partial charge in [0.15, 0.2) is 5.76 Å². The summed E-state index contributed by atoms with van der Waals surface area (Å²) in [6.45, 7) is 10.3. The topological polar surface area (TPSA) is 49.6 Å². The molecule has 5 heteroatoms. The van der Waals surface area contributed by atoms with Gasteiger partial charge in [0.25, 0.3) is 0 Å². The number of piperazine rings is 1. The van der Waals surface area contributed by atoms with Gasteiger partial charge in [-0.05, 0) is 38.3 Å². The zero-order chi connectivity index (χ0) is 17.8. The van der Waals surface area contributed by atoms with E-state index in [0.717, 1.165) is 50.6 Å². The molecule has 2 heterocycles. The van der Waals surface area contributed by atoms with Gasteiger partial charge in [-0.1, -0.05) is 28.9 Å². The SMILES string of the molecule is Cc1ccc(CCC(=O)N2CCN(Cc3cc(C)no3)CC2)c(C)c1. The fraction of sp³-hybridized carbons (Fsp3) is 0.500. The molecule has 134 valence electrons. The van der Waals surface area contributed by atoms with Gasteiger partial charge < -0.3 is 9.42 Å². The molecule has 1 aliphatic heterocycles. The fourth-order valence-corrected chi connectivity index (χ4v) is 3.39. The van der Waals surface area contributed by atoms with Gasteiger partial charge in [0, 0.05) is 38.7 Å². The highest BCUT2D eigenvalue weighted by atomic mass is 16.5. The summed E-state index contributed by atoms with van der Waals surface area (Å²) in [4.78, 5) is 16.8. The number of amides is 1. The second kappa shape index (κ2) is 7.83. The number of nitrogens with zero attached hydrogens (tertiary/aromatic N) is 3. The molecule has 1 aliphatic rings. The van der Waals surface area contributed by atoms with Crippen LogP contribution in [0.3, 0.4) is 0 Å². The van der Waals surface area contributed by atoms with Crippen molar-refractivity contribution in [1.29, 1.82) is 0 Å². The van der Waals surface area contributed by atoms with Crippen LogP contribution in [0.2, 0.25) is 0 Å². The van der Waals surface area contributed by atoms with Crippen molar-refractivity contribution < 1.29 is 9.32 Å². The average Bonchev–Trinajstić information content (AvgIpc) is 2.99. The second-order valence-electron chi connectivity index (χ2n) is 7.02. The van der Waals surface area contributed by atoms with E-state index in [1.54, 1.807) is 0 Å². The third-order valence-corrected chi connectivity index (χ3v) is 4.89. The average molecular weight is 341 g/mol. The zero-order valence-electron chi connectivity index (χ0n) is 15.4. The van der Waals surface area contributed by atoms with Crippen LogP contribution in [0, 0.1) is 20.8 Å². The standard InChI is InChI=1S/C20H27N3O2/c1-15-4-5-18(16(2)12-15)6-7-20(24)23-10-8-22(9-11-23)14-19-13-17(3)21-25-19/h4-5,12-13H,6-11,14H2,1-3H3. The Hall–Kier alpha value is -2.14. The number of rotatable bonds is 5. The zero-order valence-corrected chi connectivity index (χ0v) is 15.4. The lowest BCUT2D eigenvalue weighted by atomic mass is 10.0. The molecule has 1 amide bonds. The third-order valence-electron chi connectivity index (χ3n) is 4.89. The van der Waals surface area contributed by atoms with Gasteiger partial charge in [0.05, 0.1) is 12.2 Å². The van der Waals surface area contributed by atoms with Crippen LogP contribution in [0.4, 0.5) is 0 Å². The fourth-order valence-electron chi connectivity index (χ4n) is 3.39. The number of aryl methyl sites for hydroxylation is 4. The van der Waals surface area contributed by atoms with Gasteiger partial charge in [-0.2, -0.15) is 0 Å². The van der Waals surface area contributed by atoms with E-state index in [0.29, 0.717) is 6.42 Å². The Balaban J connectivity index is 1.45. The maximum Gasteiger partial charge on any atom is 0.222 e. The van der Waals surface area contributed by atoms with E-state index in [-0.39, 0.29) is 5.91 Å². The Morgan fingerprint density at radius 1 is 1.12 bits per heavy atom. The highest BCUT2D eigenvalue weighted by Crippen LogP contribution is 2.15. The lowest BCUT2D eigenvalue weighted by Crippen LogP contribution is -2.48. The van der Waals surface area contributed by atoms with Crippen LogP contribution in [0.25, 0.3) is 0 Å². The number of aromatic nitrogens is 1. The molecule has 0 N–H and O–H groups in total. The normalized spacial score (nSPS) is 15.6. The summed E-state index contributed by atoms with van der Waals surface area (Å²) in [7, 11) is 0. The van der Waals surface area contributed by atoms with E-state index in [2.05, 4.69) is 42.1 Å².